The Bertz CT molecular complexity index is 199. The van der Waals surface area contributed by atoms with Crippen LogP contribution in [0.2, 0.25) is 0 Å². The fourth-order valence-corrected chi connectivity index (χ4v) is 1.68. The monoisotopic (exact) mass is 198 g/mol. The van der Waals surface area contributed by atoms with Crippen LogP contribution in [0.4, 0.5) is 0 Å². The van der Waals surface area contributed by atoms with E-state index in [0.717, 1.165) is 0 Å². The van der Waals surface area contributed by atoms with Crippen LogP contribution in [0.15, 0.2) is 0 Å². The van der Waals surface area contributed by atoms with Crippen molar-refractivity contribution < 1.29 is 4.79 Å². The highest BCUT2D eigenvalue weighted by molar-refractivity contribution is 5.82. The number of carbonyl (C=O) groups excluding carboxylic acids is 1. The fourth-order valence-electron chi connectivity index (χ4n) is 1.68. The number of hydrogen-bond acceptors (Lipinski definition) is 2. The van der Waals surface area contributed by atoms with Crippen molar-refractivity contribution in [2.24, 2.45) is 17.6 Å². The number of nitrogens with two attached hydrogens (primary N) is 1. The largest absolute Gasteiger partial charge is 0.352 e. The molecule has 82 valence electrons. The Balaban J connectivity index is 2.31. The maximum Gasteiger partial charge on any atom is 0.237 e. The average Bonchev–Trinajstić information content (AvgIpc) is 1.98. The maximum absolute atomic E-state index is 11.6. The predicted molar refractivity (Wildman–Crippen MR) is 57.8 cm³/mol. The molecule has 3 heteroatoms. The Hall–Kier alpha value is -0.570. The minimum absolute atomic E-state index is 0.000556. The Morgan fingerprint density at radius 1 is 1.36 bits per heavy atom. The van der Waals surface area contributed by atoms with Crippen LogP contribution in [0, 0.1) is 11.8 Å². The summed E-state index contributed by atoms with van der Waals surface area (Å²) in [5.41, 5.74) is 5.76. The van der Waals surface area contributed by atoms with Crippen LogP contribution in [0.1, 0.15) is 40.0 Å². The first-order chi connectivity index (χ1) is 6.52. The smallest absolute Gasteiger partial charge is 0.237 e. The number of amides is 1. The van der Waals surface area contributed by atoms with Crippen LogP contribution in [0.3, 0.4) is 0 Å². The van der Waals surface area contributed by atoms with Gasteiger partial charge in [-0.15, -0.1) is 0 Å². The second-order valence-electron chi connectivity index (χ2n) is 4.76. The van der Waals surface area contributed by atoms with Gasteiger partial charge in [-0.3, -0.25) is 4.79 Å². The van der Waals surface area contributed by atoms with E-state index < -0.39 is 0 Å². The van der Waals surface area contributed by atoms with E-state index in [2.05, 4.69) is 12.2 Å². The van der Waals surface area contributed by atoms with Gasteiger partial charge in [0.1, 0.15) is 0 Å². The SMILES string of the molecule is CC(NC(=O)[C@H](N)C(C)C)C1CCC1. The second kappa shape index (κ2) is 4.78. The number of carbonyl (C=O) groups is 1. The molecule has 0 bridgehead atoms. The molecule has 3 nitrogen and oxygen atoms in total. The van der Waals surface area contributed by atoms with E-state index in [0.29, 0.717) is 12.0 Å². The van der Waals surface area contributed by atoms with Gasteiger partial charge in [0, 0.05) is 6.04 Å². The van der Waals surface area contributed by atoms with E-state index in [-0.39, 0.29) is 17.9 Å². The molecule has 3 N–H and O–H groups in total. The van der Waals surface area contributed by atoms with Crippen molar-refractivity contribution in [2.45, 2.75) is 52.1 Å². The zero-order valence-electron chi connectivity index (χ0n) is 9.42. The number of hydrogen-bond donors (Lipinski definition) is 2. The Kier molecular flexibility index (Phi) is 3.93. The molecule has 1 unspecified atom stereocenters. The van der Waals surface area contributed by atoms with Crippen LogP contribution in [0.25, 0.3) is 0 Å². The quantitative estimate of drug-likeness (QED) is 0.715. The first kappa shape index (κ1) is 11.5. The number of rotatable bonds is 4. The summed E-state index contributed by atoms with van der Waals surface area (Å²) in [6.45, 7) is 6.02. The lowest BCUT2D eigenvalue weighted by Gasteiger charge is -2.32. The molecule has 1 rings (SSSR count). The van der Waals surface area contributed by atoms with Crippen molar-refractivity contribution in [1.29, 1.82) is 0 Å². The Morgan fingerprint density at radius 2 is 1.93 bits per heavy atom. The highest BCUT2D eigenvalue weighted by atomic mass is 16.2. The minimum atomic E-state index is -0.363. The summed E-state index contributed by atoms with van der Waals surface area (Å²) in [7, 11) is 0. The zero-order valence-corrected chi connectivity index (χ0v) is 9.42. The molecule has 0 aromatic heterocycles. The van der Waals surface area contributed by atoms with Gasteiger partial charge in [-0.25, -0.2) is 0 Å². The molecular formula is C11H22N2O. The summed E-state index contributed by atoms with van der Waals surface area (Å²) in [4.78, 5) is 11.6. The van der Waals surface area contributed by atoms with E-state index in [4.69, 9.17) is 5.73 Å². The van der Waals surface area contributed by atoms with Gasteiger partial charge in [0.2, 0.25) is 5.91 Å². The summed E-state index contributed by atoms with van der Waals surface area (Å²) in [6.07, 6.45) is 3.80. The summed E-state index contributed by atoms with van der Waals surface area (Å²) in [5.74, 6) is 0.890. The van der Waals surface area contributed by atoms with E-state index in [9.17, 15) is 4.79 Å². The third-order valence-electron chi connectivity index (χ3n) is 3.25. The molecule has 0 aliphatic heterocycles. The van der Waals surface area contributed by atoms with Crippen LogP contribution < -0.4 is 11.1 Å². The van der Waals surface area contributed by atoms with Crippen LogP contribution in [-0.4, -0.2) is 18.0 Å². The van der Waals surface area contributed by atoms with Gasteiger partial charge in [-0.1, -0.05) is 20.3 Å². The van der Waals surface area contributed by atoms with Gasteiger partial charge in [0.25, 0.3) is 0 Å². The maximum atomic E-state index is 11.6. The normalized spacial score (nSPS) is 21.5. The van der Waals surface area contributed by atoms with Crippen LogP contribution in [-0.2, 0) is 4.79 Å². The molecule has 0 saturated heterocycles. The van der Waals surface area contributed by atoms with Gasteiger partial charge < -0.3 is 11.1 Å². The third kappa shape index (κ3) is 2.71. The first-order valence-electron chi connectivity index (χ1n) is 5.58. The summed E-state index contributed by atoms with van der Waals surface area (Å²) in [6, 6.07) is -0.0708. The van der Waals surface area contributed by atoms with Gasteiger partial charge >= 0.3 is 0 Å². The lowest BCUT2D eigenvalue weighted by atomic mass is 9.80. The predicted octanol–water partition coefficient (Wildman–Crippen LogP) is 1.27. The molecule has 0 aromatic carbocycles. The molecule has 0 heterocycles. The Labute approximate surface area is 86.4 Å². The molecule has 1 fully saturated rings. The van der Waals surface area contributed by atoms with Gasteiger partial charge in [0.05, 0.1) is 6.04 Å². The second-order valence-corrected chi connectivity index (χ2v) is 4.76. The van der Waals surface area contributed by atoms with Gasteiger partial charge in [-0.2, -0.15) is 0 Å². The van der Waals surface area contributed by atoms with E-state index in [1.165, 1.54) is 19.3 Å². The van der Waals surface area contributed by atoms with E-state index in [1.54, 1.807) is 0 Å². The molecule has 1 aliphatic carbocycles. The summed E-state index contributed by atoms with van der Waals surface area (Å²) in [5, 5.41) is 3.00. The van der Waals surface area contributed by atoms with Crippen LogP contribution in [0.5, 0.6) is 0 Å². The lowest BCUT2D eigenvalue weighted by molar-refractivity contribution is -0.124. The molecule has 1 aliphatic rings. The zero-order chi connectivity index (χ0) is 10.7. The molecule has 2 atom stereocenters. The van der Waals surface area contributed by atoms with Crippen molar-refractivity contribution in [1.82, 2.24) is 5.32 Å². The van der Waals surface area contributed by atoms with Gasteiger partial charge in [0.15, 0.2) is 0 Å². The van der Waals surface area contributed by atoms with E-state index in [1.807, 2.05) is 13.8 Å². The van der Waals surface area contributed by atoms with Gasteiger partial charge in [-0.05, 0) is 31.6 Å². The lowest BCUT2D eigenvalue weighted by Crippen LogP contribution is -2.49. The highest BCUT2D eigenvalue weighted by Crippen LogP contribution is 2.29. The standard InChI is InChI=1S/C11H22N2O/c1-7(2)10(12)11(14)13-8(3)9-5-4-6-9/h7-10H,4-6,12H2,1-3H3,(H,13,14)/t8?,10-/m1/s1. The van der Waals surface area contributed by atoms with Crippen molar-refractivity contribution >= 4 is 5.91 Å². The molecule has 0 spiro atoms. The van der Waals surface area contributed by atoms with Crippen molar-refractivity contribution in [3.8, 4) is 0 Å². The third-order valence-corrected chi connectivity index (χ3v) is 3.25. The molecule has 0 radical (unpaired) electrons. The number of nitrogens with one attached hydrogen (secondary N) is 1. The molecule has 1 saturated carbocycles. The highest BCUT2D eigenvalue weighted by Gasteiger charge is 2.27. The van der Waals surface area contributed by atoms with Crippen molar-refractivity contribution in [3.63, 3.8) is 0 Å². The topological polar surface area (TPSA) is 55.1 Å². The molecule has 0 aromatic rings. The molecule has 1 amide bonds. The van der Waals surface area contributed by atoms with Crippen LogP contribution >= 0.6 is 0 Å². The molecule has 14 heavy (non-hydrogen) atoms. The summed E-state index contributed by atoms with van der Waals surface area (Å²) < 4.78 is 0. The van der Waals surface area contributed by atoms with E-state index >= 15 is 0 Å². The molecular weight excluding hydrogens is 176 g/mol. The summed E-state index contributed by atoms with van der Waals surface area (Å²) >= 11 is 0. The van der Waals surface area contributed by atoms with Crippen molar-refractivity contribution in [3.05, 3.63) is 0 Å². The fraction of sp³-hybridized carbons (Fsp3) is 0.909. The average molecular weight is 198 g/mol. The first-order valence-corrected chi connectivity index (χ1v) is 5.58. The van der Waals surface area contributed by atoms with Crippen molar-refractivity contribution in [2.75, 3.05) is 0 Å². The Morgan fingerprint density at radius 3 is 2.29 bits per heavy atom. The minimum Gasteiger partial charge on any atom is -0.352 e.